The second-order valence-electron chi connectivity index (χ2n) is 6.77. The number of hydrogen-bond donors (Lipinski definition) is 0. The maximum atomic E-state index is 6.44. The molecule has 0 saturated heterocycles. The zero-order chi connectivity index (χ0) is 17.4. The lowest BCUT2D eigenvalue weighted by molar-refractivity contribution is 0.668. The van der Waals surface area contributed by atoms with Crippen LogP contribution < -0.4 is 0 Å². The van der Waals surface area contributed by atoms with Crippen molar-refractivity contribution in [2.45, 2.75) is 6.92 Å². The number of rotatable bonds is 0. The number of aryl methyl sites for hydroxylation is 1. The predicted molar refractivity (Wildman–Crippen MR) is 108 cm³/mol. The van der Waals surface area contributed by atoms with Crippen molar-refractivity contribution >= 4 is 66.3 Å². The summed E-state index contributed by atoms with van der Waals surface area (Å²) in [6, 6.07) is 20.4. The van der Waals surface area contributed by atoms with Gasteiger partial charge in [-0.05, 0) is 25.1 Å². The molecule has 0 fully saturated rings. The van der Waals surface area contributed by atoms with Crippen molar-refractivity contribution in [3.63, 3.8) is 0 Å². The third kappa shape index (κ3) is 1.67. The summed E-state index contributed by atoms with van der Waals surface area (Å²) in [5.74, 6) is 0. The summed E-state index contributed by atoms with van der Waals surface area (Å²) >= 11 is 6.44. The van der Waals surface area contributed by atoms with Crippen molar-refractivity contribution in [2.75, 3.05) is 0 Å². The van der Waals surface area contributed by atoms with Gasteiger partial charge >= 0.3 is 0 Å². The second kappa shape index (κ2) is 4.80. The van der Waals surface area contributed by atoms with Gasteiger partial charge in [0, 0.05) is 32.3 Å². The average Bonchev–Trinajstić information content (AvgIpc) is 3.21. The number of benzene rings is 4. The first-order chi connectivity index (χ1) is 12.7. The number of fused-ring (bicyclic) bond motifs is 10. The first-order valence-corrected chi connectivity index (χ1v) is 8.94. The van der Waals surface area contributed by atoms with Crippen molar-refractivity contribution in [2.24, 2.45) is 0 Å². The summed E-state index contributed by atoms with van der Waals surface area (Å²) in [7, 11) is 0. The molecule has 0 saturated carbocycles. The molecule has 6 rings (SSSR count). The van der Waals surface area contributed by atoms with Gasteiger partial charge in [-0.3, -0.25) is 0 Å². The highest BCUT2D eigenvalue weighted by atomic mass is 35.5. The van der Waals surface area contributed by atoms with E-state index in [4.69, 9.17) is 20.4 Å². The maximum Gasteiger partial charge on any atom is 0.154 e. The molecule has 0 atom stereocenters. The lowest BCUT2D eigenvalue weighted by atomic mass is 9.98. The lowest BCUT2D eigenvalue weighted by Gasteiger charge is -2.03. The van der Waals surface area contributed by atoms with Crippen LogP contribution in [0.4, 0.5) is 0 Å². The van der Waals surface area contributed by atoms with Gasteiger partial charge in [0.25, 0.3) is 0 Å². The van der Waals surface area contributed by atoms with Gasteiger partial charge in [0.15, 0.2) is 5.58 Å². The normalized spacial score (nSPS) is 12.2. The van der Waals surface area contributed by atoms with Crippen LogP contribution in [0.2, 0.25) is 5.02 Å². The molecule has 0 aliphatic carbocycles. The van der Waals surface area contributed by atoms with Crippen LogP contribution in [0.15, 0.2) is 69.5 Å². The molecule has 0 aliphatic heterocycles. The van der Waals surface area contributed by atoms with Crippen molar-refractivity contribution in [3.8, 4) is 0 Å². The van der Waals surface area contributed by atoms with Crippen LogP contribution in [0, 0.1) is 6.92 Å². The van der Waals surface area contributed by atoms with E-state index in [1.807, 2.05) is 30.3 Å². The van der Waals surface area contributed by atoms with Gasteiger partial charge in [0.2, 0.25) is 0 Å². The Morgan fingerprint density at radius 3 is 2.35 bits per heavy atom. The summed E-state index contributed by atoms with van der Waals surface area (Å²) in [6.07, 6.45) is 0. The smallest absolute Gasteiger partial charge is 0.154 e. The zero-order valence-corrected chi connectivity index (χ0v) is 14.7. The molecule has 4 aromatic carbocycles. The Morgan fingerprint density at radius 1 is 0.654 bits per heavy atom. The van der Waals surface area contributed by atoms with Crippen molar-refractivity contribution in [3.05, 3.63) is 71.2 Å². The third-order valence-corrected chi connectivity index (χ3v) is 5.47. The van der Waals surface area contributed by atoms with Gasteiger partial charge in [-0.2, -0.15) is 0 Å². The van der Waals surface area contributed by atoms with Gasteiger partial charge in [0.05, 0.1) is 5.02 Å². The van der Waals surface area contributed by atoms with Gasteiger partial charge in [-0.25, -0.2) is 0 Å². The van der Waals surface area contributed by atoms with E-state index in [2.05, 4.69) is 37.3 Å². The van der Waals surface area contributed by atoms with Crippen LogP contribution in [-0.2, 0) is 0 Å². The summed E-state index contributed by atoms with van der Waals surface area (Å²) in [6.45, 7) is 2.09. The number of halogens is 1. The van der Waals surface area contributed by atoms with E-state index >= 15 is 0 Å². The molecule has 0 radical (unpaired) electrons. The van der Waals surface area contributed by atoms with E-state index in [0.29, 0.717) is 5.02 Å². The molecule has 2 aromatic heterocycles. The van der Waals surface area contributed by atoms with Crippen molar-refractivity contribution in [1.82, 2.24) is 0 Å². The van der Waals surface area contributed by atoms with Gasteiger partial charge in [-0.1, -0.05) is 59.6 Å². The Balaban J connectivity index is 2.07. The largest absolute Gasteiger partial charge is 0.455 e. The van der Waals surface area contributed by atoms with Crippen LogP contribution in [0.5, 0.6) is 0 Å². The van der Waals surface area contributed by atoms with Crippen LogP contribution in [-0.4, -0.2) is 0 Å². The Hall–Kier alpha value is -2.97. The Morgan fingerprint density at radius 2 is 1.42 bits per heavy atom. The lowest BCUT2D eigenvalue weighted by Crippen LogP contribution is -1.79. The van der Waals surface area contributed by atoms with Crippen molar-refractivity contribution in [1.29, 1.82) is 0 Å². The number of para-hydroxylation sites is 2. The minimum absolute atomic E-state index is 0.625. The molecule has 0 amide bonds. The number of hydrogen-bond acceptors (Lipinski definition) is 2. The molecule has 0 N–H and O–H groups in total. The quantitative estimate of drug-likeness (QED) is 0.280. The highest BCUT2D eigenvalue weighted by molar-refractivity contribution is 6.39. The molecule has 0 spiro atoms. The fraction of sp³-hybridized carbons (Fsp3) is 0.0435. The topological polar surface area (TPSA) is 26.3 Å². The number of furan rings is 2. The minimum Gasteiger partial charge on any atom is -0.455 e. The van der Waals surface area contributed by atoms with E-state index in [-0.39, 0.29) is 0 Å². The van der Waals surface area contributed by atoms with E-state index < -0.39 is 0 Å². The predicted octanol–water partition coefficient (Wildman–Crippen LogP) is 7.60. The Kier molecular flexibility index (Phi) is 2.63. The Bertz CT molecular complexity index is 1500. The molecular weight excluding hydrogens is 344 g/mol. The van der Waals surface area contributed by atoms with Gasteiger partial charge in [-0.15, -0.1) is 0 Å². The second-order valence-corrected chi connectivity index (χ2v) is 7.18. The van der Waals surface area contributed by atoms with E-state index in [1.165, 1.54) is 5.56 Å². The van der Waals surface area contributed by atoms with Crippen molar-refractivity contribution < 1.29 is 8.83 Å². The third-order valence-electron chi connectivity index (χ3n) is 5.18. The first kappa shape index (κ1) is 14.2. The minimum atomic E-state index is 0.625. The summed E-state index contributed by atoms with van der Waals surface area (Å²) in [5, 5.41) is 7.02. The van der Waals surface area contributed by atoms with Gasteiger partial charge in [0.1, 0.15) is 16.7 Å². The van der Waals surface area contributed by atoms with E-state index in [0.717, 1.165) is 54.6 Å². The average molecular weight is 357 g/mol. The summed E-state index contributed by atoms with van der Waals surface area (Å²) < 4.78 is 12.6. The fourth-order valence-electron chi connectivity index (χ4n) is 4.05. The molecule has 6 aromatic rings. The summed E-state index contributed by atoms with van der Waals surface area (Å²) in [5.41, 5.74) is 4.56. The highest BCUT2D eigenvalue weighted by Gasteiger charge is 2.21. The fourth-order valence-corrected chi connectivity index (χ4v) is 4.26. The SMILES string of the molecule is Cc1ccc2c(c1)c1oc3c(Cl)cccc3c1c1c3ccccc3oc21. The van der Waals surface area contributed by atoms with Crippen LogP contribution in [0.1, 0.15) is 5.56 Å². The molecule has 0 aliphatic rings. The van der Waals surface area contributed by atoms with Gasteiger partial charge < -0.3 is 8.83 Å². The molecular formula is C23H13ClO2. The molecule has 2 heterocycles. The van der Waals surface area contributed by atoms with E-state index in [9.17, 15) is 0 Å². The zero-order valence-electron chi connectivity index (χ0n) is 14.0. The molecule has 26 heavy (non-hydrogen) atoms. The van der Waals surface area contributed by atoms with Crippen LogP contribution in [0.25, 0.3) is 54.6 Å². The molecule has 0 unspecified atom stereocenters. The maximum absolute atomic E-state index is 6.44. The summed E-state index contributed by atoms with van der Waals surface area (Å²) in [4.78, 5) is 0. The van der Waals surface area contributed by atoms with Crippen LogP contribution in [0.3, 0.4) is 0 Å². The first-order valence-electron chi connectivity index (χ1n) is 8.56. The molecule has 0 bridgehead atoms. The standard InChI is InChI=1S/C23H13ClO2/c1-12-9-10-13-16(11-12)23-20(15-6-4-7-17(24)21(15)26-23)19-14-5-2-3-8-18(14)25-22(13)19/h2-11H,1H3. The van der Waals surface area contributed by atoms with E-state index in [1.54, 1.807) is 0 Å². The molecule has 124 valence electrons. The Labute approximate surface area is 153 Å². The molecule has 2 nitrogen and oxygen atoms in total. The highest BCUT2D eigenvalue weighted by Crippen LogP contribution is 2.45. The van der Waals surface area contributed by atoms with Crippen LogP contribution >= 0.6 is 11.6 Å². The molecule has 3 heteroatoms. The monoisotopic (exact) mass is 356 g/mol.